The lowest BCUT2D eigenvalue weighted by atomic mass is 10.1. The van der Waals surface area contributed by atoms with Crippen LogP contribution in [-0.2, 0) is 0 Å². The highest BCUT2D eigenvalue weighted by molar-refractivity contribution is 6.30. The Hall–Kier alpha value is -1.61. The molecule has 0 saturated heterocycles. The Bertz CT molecular complexity index is 579. The maximum absolute atomic E-state index is 5.95. The highest BCUT2D eigenvalue weighted by atomic mass is 35.5. The summed E-state index contributed by atoms with van der Waals surface area (Å²) in [6.45, 7) is 6.16. The molecule has 3 nitrogen and oxygen atoms in total. The summed E-state index contributed by atoms with van der Waals surface area (Å²) in [7, 11) is 0. The Morgan fingerprint density at radius 3 is 2.50 bits per heavy atom. The summed E-state index contributed by atoms with van der Waals surface area (Å²) in [6, 6.07) is 7.49. The van der Waals surface area contributed by atoms with Crippen molar-refractivity contribution in [1.82, 2.24) is 9.97 Å². The Kier molecular flexibility index (Phi) is 3.53. The molecular weight excluding hydrogens is 246 g/mol. The van der Waals surface area contributed by atoms with Crippen molar-refractivity contribution in [3.8, 4) is 11.4 Å². The van der Waals surface area contributed by atoms with Gasteiger partial charge in [0.2, 0.25) is 0 Å². The fourth-order valence-corrected chi connectivity index (χ4v) is 2.01. The molecule has 0 radical (unpaired) electrons. The Morgan fingerprint density at radius 2 is 1.89 bits per heavy atom. The van der Waals surface area contributed by atoms with Crippen molar-refractivity contribution >= 4 is 17.4 Å². The molecule has 2 aromatic rings. The molecule has 1 aromatic carbocycles. The first-order chi connectivity index (χ1) is 8.47. The largest absolute Gasteiger partial charge is 0.384 e. The van der Waals surface area contributed by atoms with Crippen LogP contribution in [-0.4, -0.2) is 9.97 Å². The molecule has 0 aliphatic rings. The highest BCUT2D eigenvalue weighted by Crippen LogP contribution is 2.25. The van der Waals surface area contributed by atoms with Gasteiger partial charge >= 0.3 is 0 Å². The minimum absolute atomic E-state index is 0.321. The Balaban J connectivity index is 2.56. The summed E-state index contributed by atoms with van der Waals surface area (Å²) in [5.41, 5.74) is 8.80. The lowest BCUT2D eigenvalue weighted by Crippen LogP contribution is -2.02. The van der Waals surface area contributed by atoms with Crippen LogP contribution < -0.4 is 5.73 Å². The molecule has 0 saturated carbocycles. The summed E-state index contributed by atoms with van der Waals surface area (Å²) in [5, 5.41) is 0.712. The number of rotatable bonds is 2. The highest BCUT2D eigenvalue weighted by Gasteiger charge is 2.10. The number of hydrogen-bond donors (Lipinski definition) is 1. The Morgan fingerprint density at radius 1 is 1.17 bits per heavy atom. The molecule has 94 valence electrons. The zero-order valence-electron chi connectivity index (χ0n) is 10.7. The topological polar surface area (TPSA) is 51.8 Å². The van der Waals surface area contributed by atoms with Gasteiger partial charge in [-0.3, -0.25) is 0 Å². The third kappa shape index (κ3) is 2.62. The van der Waals surface area contributed by atoms with E-state index in [-0.39, 0.29) is 0 Å². The van der Waals surface area contributed by atoms with Crippen LogP contribution in [0.15, 0.2) is 24.3 Å². The second-order valence-corrected chi connectivity index (χ2v) is 5.09. The van der Waals surface area contributed by atoms with Gasteiger partial charge in [-0.15, -0.1) is 0 Å². The van der Waals surface area contributed by atoms with Crippen LogP contribution in [0.2, 0.25) is 5.02 Å². The van der Waals surface area contributed by atoms with E-state index in [9.17, 15) is 0 Å². The maximum Gasteiger partial charge on any atom is 0.162 e. The van der Waals surface area contributed by atoms with Gasteiger partial charge in [-0.25, -0.2) is 9.97 Å². The van der Waals surface area contributed by atoms with Crippen LogP contribution in [0.4, 0.5) is 5.82 Å². The van der Waals surface area contributed by atoms with Crippen molar-refractivity contribution in [2.75, 3.05) is 5.73 Å². The third-order valence-corrected chi connectivity index (χ3v) is 3.02. The van der Waals surface area contributed by atoms with Gasteiger partial charge in [-0.05, 0) is 36.6 Å². The average molecular weight is 262 g/mol. The molecule has 0 amide bonds. The van der Waals surface area contributed by atoms with Gasteiger partial charge in [0.25, 0.3) is 0 Å². The first-order valence-electron chi connectivity index (χ1n) is 5.88. The first kappa shape index (κ1) is 12.8. The summed E-state index contributed by atoms with van der Waals surface area (Å²) in [5.74, 6) is 1.48. The Labute approximate surface area is 112 Å². The molecule has 0 aliphatic carbocycles. The van der Waals surface area contributed by atoms with Crippen molar-refractivity contribution in [2.24, 2.45) is 0 Å². The summed E-state index contributed by atoms with van der Waals surface area (Å²) < 4.78 is 0. The van der Waals surface area contributed by atoms with Crippen molar-refractivity contribution in [1.29, 1.82) is 0 Å². The predicted octanol–water partition coefficient (Wildman–Crippen LogP) is 3.81. The molecule has 0 fully saturated rings. The van der Waals surface area contributed by atoms with Crippen LogP contribution in [0.25, 0.3) is 11.4 Å². The van der Waals surface area contributed by atoms with Crippen molar-refractivity contribution in [3.63, 3.8) is 0 Å². The molecule has 0 aliphatic heterocycles. The van der Waals surface area contributed by atoms with Crippen molar-refractivity contribution in [2.45, 2.75) is 26.7 Å². The minimum atomic E-state index is 0.321. The molecule has 0 atom stereocenters. The second-order valence-electron chi connectivity index (χ2n) is 4.66. The van der Waals surface area contributed by atoms with Gasteiger partial charge < -0.3 is 5.73 Å². The van der Waals surface area contributed by atoms with Crippen molar-refractivity contribution in [3.05, 3.63) is 40.5 Å². The van der Waals surface area contributed by atoms with Crippen molar-refractivity contribution < 1.29 is 0 Å². The monoisotopic (exact) mass is 261 g/mol. The second kappa shape index (κ2) is 4.94. The van der Waals surface area contributed by atoms with E-state index in [1.807, 2.05) is 31.2 Å². The minimum Gasteiger partial charge on any atom is -0.384 e. The van der Waals surface area contributed by atoms with Gasteiger partial charge in [-0.2, -0.15) is 0 Å². The average Bonchev–Trinajstić information content (AvgIpc) is 2.27. The number of benzene rings is 1. The molecule has 2 rings (SSSR count). The number of aromatic nitrogens is 2. The fourth-order valence-electron chi connectivity index (χ4n) is 1.78. The van der Waals surface area contributed by atoms with E-state index in [0.29, 0.717) is 22.6 Å². The van der Waals surface area contributed by atoms with Gasteiger partial charge in [0, 0.05) is 22.3 Å². The standard InChI is InChI=1S/C14H16ClN3/c1-8(2)12-7-13(16)18-14(17-12)11-5-4-10(15)6-9(11)3/h4-8H,1-3H3,(H2,16,17,18). The lowest BCUT2D eigenvalue weighted by molar-refractivity contribution is 0.818. The first-order valence-corrected chi connectivity index (χ1v) is 6.26. The number of nitrogen functional groups attached to an aromatic ring is 1. The van der Waals surface area contributed by atoms with Gasteiger partial charge in [-0.1, -0.05) is 25.4 Å². The van der Waals surface area contributed by atoms with E-state index < -0.39 is 0 Å². The zero-order valence-corrected chi connectivity index (χ0v) is 11.5. The third-order valence-electron chi connectivity index (χ3n) is 2.79. The summed E-state index contributed by atoms with van der Waals surface area (Å²) in [6.07, 6.45) is 0. The van der Waals surface area contributed by atoms with Crippen LogP contribution in [0.1, 0.15) is 31.0 Å². The molecule has 18 heavy (non-hydrogen) atoms. The van der Waals surface area contributed by atoms with Gasteiger partial charge in [0.1, 0.15) is 5.82 Å². The van der Waals surface area contributed by atoms with Crippen LogP contribution in [0.3, 0.4) is 0 Å². The van der Waals surface area contributed by atoms with E-state index >= 15 is 0 Å². The molecule has 1 heterocycles. The maximum atomic E-state index is 5.95. The fraction of sp³-hybridized carbons (Fsp3) is 0.286. The number of anilines is 1. The quantitative estimate of drug-likeness (QED) is 0.894. The molecule has 0 bridgehead atoms. The molecule has 2 N–H and O–H groups in total. The zero-order chi connectivity index (χ0) is 13.3. The van der Waals surface area contributed by atoms with E-state index in [4.69, 9.17) is 17.3 Å². The molecular formula is C14H16ClN3. The van der Waals surface area contributed by atoms with E-state index in [2.05, 4.69) is 23.8 Å². The summed E-state index contributed by atoms with van der Waals surface area (Å²) >= 11 is 5.95. The van der Waals surface area contributed by atoms with Gasteiger partial charge in [0.05, 0.1) is 0 Å². The van der Waals surface area contributed by atoms with Crippen LogP contribution >= 0.6 is 11.6 Å². The van der Waals surface area contributed by atoms with Gasteiger partial charge in [0.15, 0.2) is 5.82 Å². The summed E-state index contributed by atoms with van der Waals surface area (Å²) in [4.78, 5) is 8.86. The molecule has 4 heteroatoms. The predicted molar refractivity (Wildman–Crippen MR) is 75.7 cm³/mol. The van der Waals surface area contributed by atoms with Crippen LogP contribution in [0.5, 0.6) is 0 Å². The smallest absolute Gasteiger partial charge is 0.162 e. The number of nitrogens with zero attached hydrogens (tertiary/aromatic N) is 2. The molecule has 1 aromatic heterocycles. The number of halogens is 1. The van der Waals surface area contributed by atoms with E-state index in [1.54, 1.807) is 0 Å². The number of nitrogens with two attached hydrogens (primary N) is 1. The van der Waals surface area contributed by atoms with Crippen LogP contribution in [0, 0.1) is 6.92 Å². The SMILES string of the molecule is Cc1cc(Cl)ccc1-c1nc(N)cc(C(C)C)n1. The van der Waals surface area contributed by atoms with E-state index in [0.717, 1.165) is 16.8 Å². The number of aryl methyl sites for hydroxylation is 1. The molecule has 0 unspecified atom stereocenters. The van der Waals surface area contributed by atoms with E-state index in [1.165, 1.54) is 0 Å². The number of hydrogen-bond acceptors (Lipinski definition) is 3. The molecule has 0 spiro atoms. The lowest BCUT2D eigenvalue weighted by Gasteiger charge is -2.10. The normalized spacial score (nSPS) is 10.9.